The Morgan fingerprint density at radius 3 is 2.50 bits per heavy atom. The van der Waals surface area contributed by atoms with E-state index in [1.165, 1.54) is 17.7 Å². The molecule has 2 amide bonds. The van der Waals surface area contributed by atoms with Gasteiger partial charge >= 0.3 is 0 Å². The van der Waals surface area contributed by atoms with Gasteiger partial charge in [-0.1, -0.05) is 29.8 Å². The zero-order chi connectivity index (χ0) is 25.1. The zero-order valence-electron chi connectivity index (χ0n) is 20.1. The van der Waals surface area contributed by atoms with Gasteiger partial charge in [0.15, 0.2) is 5.82 Å². The fourth-order valence-electron chi connectivity index (χ4n) is 4.57. The molecule has 1 aliphatic heterocycles. The Bertz CT molecular complexity index is 1340. The van der Waals surface area contributed by atoms with Gasteiger partial charge in [0.1, 0.15) is 11.4 Å². The van der Waals surface area contributed by atoms with Crippen LogP contribution in [0.15, 0.2) is 79.3 Å². The van der Waals surface area contributed by atoms with E-state index in [1.54, 1.807) is 27.9 Å². The van der Waals surface area contributed by atoms with Crippen molar-refractivity contribution in [1.29, 1.82) is 0 Å². The number of hydrogen-bond acceptors (Lipinski definition) is 3. The van der Waals surface area contributed by atoms with Gasteiger partial charge in [0.05, 0.1) is 17.8 Å². The first-order valence-corrected chi connectivity index (χ1v) is 12.1. The molecular weight excluding hydrogens is 457 g/mol. The van der Waals surface area contributed by atoms with Crippen molar-refractivity contribution < 1.29 is 14.0 Å². The number of nitrogens with zero attached hydrogens (tertiary/aromatic N) is 4. The first-order chi connectivity index (χ1) is 17.5. The largest absolute Gasteiger partial charge is 0.352 e. The summed E-state index contributed by atoms with van der Waals surface area (Å²) in [5.74, 6) is -0.258. The maximum Gasteiger partial charge on any atom is 0.259 e. The molecule has 2 aromatic heterocycles. The number of amides is 2. The Kier molecular flexibility index (Phi) is 6.66. The maximum absolute atomic E-state index is 13.7. The minimum atomic E-state index is -0.343. The molecule has 0 spiro atoms. The highest BCUT2D eigenvalue weighted by atomic mass is 19.1. The first kappa shape index (κ1) is 23.5. The number of hydrogen-bond donors (Lipinski definition) is 1. The quantitative estimate of drug-likeness (QED) is 0.443. The van der Waals surface area contributed by atoms with Crippen LogP contribution in [-0.4, -0.2) is 44.2 Å². The average molecular weight is 486 g/mol. The lowest BCUT2D eigenvalue weighted by molar-refractivity contribution is -0.126. The van der Waals surface area contributed by atoms with Gasteiger partial charge in [0.2, 0.25) is 5.91 Å². The van der Waals surface area contributed by atoms with E-state index in [4.69, 9.17) is 0 Å². The van der Waals surface area contributed by atoms with Crippen molar-refractivity contribution in [3.05, 3.63) is 102 Å². The fraction of sp³-hybridized carbons (Fsp3) is 0.250. The number of nitrogens with one attached hydrogen (secondary N) is 1. The van der Waals surface area contributed by atoms with Gasteiger partial charge in [-0.15, -0.1) is 0 Å². The van der Waals surface area contributed by atoms with Crippen LogP contribution in [0.5, 0.6) is 0 Å². The van der Waals surface area contributed by atoms with E-state index in [9.17, 15) is 14.0 Å². The van der Waals surface area contributed by atoms with Crippen LogP contribution in [-0.2, 0) is 11.3 Å². The second kappa shape index (κ2) is 10.2. The molecule has 0 aliphatic carbocycles. The molecule has 7 nitrogen and oxygen atoms in total. The second-order valence-corrected chi connectivity index (χ2v) is 9.15. The van der Waals surface area contributed by atoms with Crippen LogP contribution in [0.25, 0.3) is 11.5 Å². The molecule has 36 heavy (non-hydrogen) atoms. The highest BCUT2D eigenvalue weighted by Crippen LogP contribution is 2.24. The Labute approximate surface area is 209 Å². The van der Waals surface area contributed by atoms with Gasteiger partial charge in [-0.3, -0.25) is 9.59 Å². The number of rotatable bonds is 6. The summed E-state index contributed by atoms with van der Waals surface area (Å²) in [5.41, 5.74) is 3.29. The molecule has 4 aromatic rings. The molecule has 5 rings (SSSR count). The number of carbonyl (C=O) groups is 2. The number of aryl methyl sites for hydroxylation is 1. The van der Waals surface area contributed by atoms with E-state index >= 15 is 0 Å². The third-order valence-corrected chi connectivity index (χ3v) is 6.56. The van der Waals surface area contributed by atoms with E-state index in [2.05, 4.69) is 10.4 Å². The molecule has 1 saturated heterocycles. The standard InChI is InChI=1S/C28H28FN5O2/c1-20-6-8-21(9-7-20)17-30-26(35)22-5-4-16-33(19-22)28(36)25-18-31-34(24-12-10-23(29)11-13-24)27(25)32-14-2-3-15-32/h2-3,6-15,18,22H,4-5,16-17,19H2,1H3,(H,30,35)/t22-/m0/s1. The van der Waals surface area contributed by atoms with Crippen molar-refractivity contribution in [2.24, 2.45) is 5.92 Å². The highest BCUT2D eigenvalue weighted by Gasteiger charge is 2.31. The van der Waals surface area contributed by atoms with Gasteiger partial charge < -0.3 is 14.8 Å². The molecule has 3 heterocycles. The Hall–Kier alpha value is -4.20. The van der Waals surface area contributed by atoms with Crippen molar-refractivity contribution in [1.82, 2.24) is 24.6 Å². The number of halogens is 1. The van der Waals surface area contributed by atoms with Crippen LogP contribution in [0.4, 0.5) is 4.39 Å². The molecule has 0 unspecified atom stereocenters. The van der Waals surface area contributed by atoms with Crippen molar-refractivity contribution >= 4 is 11.8 Å². The molecule has 0 radical (unpaired) electrons. The molecular formula is C28H28FN5O2. The number of carbonyl (C=O) groups excluding carboxylic acids is 2. The van der Waals surface area contributed by atoms with Gasteiger partial charge in [-0.05, 0) is 61.7 Å². The fourth-order valence-corrected chi connectivity index (χ4v) is 4.57. The maximum atomic E-state index is 13.7. The second-order valence-electron chi connectivity index (χ2n) is 9.15. The topological polar surface area (TPSA) is 72.2 Å². The summed E-state index contributed by atoms with van der Waals surface area (Å²) >= 11 is 0. The summed E-state index contributed by atoms with van der Waals surface area (Å²) in [4.78, 5) is 28.3. The molecule has 1 fully saturated rings. The summed E-state index contributed by atoms with van der Waals surface area (Å²) < 4.78 is 16.9. The van der Waals surface area contributed by atoms with Gasteiger partial charge in [-0.25, -0.2) is 9.07 Å². The van der Waals surface area contributed by atoms with Crippen molar-refractivity contribution in [2.45, 2.75) is 26.3 Å². The lowest BCUT2D eigenvalue weighted by atomic mass is 9.96. The summed E-state index contributed by atoms with van der Waals surface area (Å²) in [6.45, 7) is 3.42. The molecule has 0 bridgehead atoms. The van der Waals surface area contributed by atoms with Crippen LogP contribution in [0, 0.1) is 18.7 Å². The molecule has 0 saturated carbocycles. The van der Waals surface area contributed by atoms with Crippen molar-refractivity contribution in [2.75, 3.05) is 13.1 Å². The molecule has 1 atom stereocenters. The summed E-state index contributed by atoms with van der Waals surface area (Å²) in [6.07, 6.45) is 6.71. The van der Waals surface area contributed by atoms with Crippen LogP contribution in [0.3, 0.4) is 0 Å². The third-order valence-electron chi connectivity index (χ3n) is 6.56. The monoisotopic (exact) mass is 485 g/mol. The van der Waals surface area contributed by atoms with E-state index in [-0.39, 0.29) is 23.5 Å². The van der Waals surface area contributed by atoms with E-state index in [0.29, 0.717) is 36.7 Å². The van der Waals surface area contributed by atoms with E-state index < -0.39 is 0 Å². The lowest BCUT2D eigenvalue weighted by Crippen LogP contribution is -2.45. The molecule has 1 N–H and O–H groups in total. The highest BCUT2D eigenvalue weighted by molar-refractivity contribution is 5.97. The number of benzene rings is 2. The third kappa shape index (κ3) is 4.93. The summed E-state index contributed by atoms with van der Waals surface area (Å²) in [5, 5.41) is 7.48. The average Bonchev–Trinajstić information content (AvgIpc) is 3.58. The minimum Gasteiger partial charge on any atom is -0.352 e. The first-order valence-electron chi connectivity index (χ1n) is 12.1. The Morgan fingerprint density at radius 1 is 1.06 bits per heavy atom. The van der Waals surface area contributed by atoms with Crippen LogP contribution in [0.1, 0.15) is 34.3 Å². The van der Waals surface area contributed by atoms with Crippen molar-refractivity contribution in [3.63, 3.8) is 0 Å². The zero-order valence-corrected chi connectivity index (χ0v) is 20.1. The Balaban J connectivity index is 1.34. The number of likely N-dealkylation sites (tertiary alicyclic amines) is 1. The molecule has 1 aliphatic rings. The predicted molar refractivity (Wildman–Crippen MR) is 135 cm³/mol. The van der Waals surface area contributed by atoms with Crippen LogP contribution < -0.4 is 5.32 Å². The van der Waals surface area contributed by atoms with Crippen LogP contribution in [0.2, 0.25) is 0 Å². The van der Waals surface area contributed by atoms with Gasteiger partial charge in [0.25, 0.3) is 5.91 Å². The normalized spacial score (nSPS) is 15.6. The predicted octanol–water partition coefficient (Wildman–Crippen LogP) is 4.28. The lowest BCUT2D eigenvalue weighted by Gasteiger charge is -2.32. The number of piperidine rings is 1. The molecule has 2 aromatic carbocycles. The summed E-state index contributed by atoms with van der Waals surface area (Å²) in [6, 6.07) is 17.8. The van der Waals surface area contributed by atoms with Gasteiger partial charge in [0, 0.05) is 32.0 Å². The minimum absolute atomic E-state index is 0.0410. The van der Waals surface area contributed by atoms with Crippen molar-refractivity contribution in [3.8, 4) is 11.5 Å². The summed E-state index contributed by atoms with van der Waals surface area (Å²) in [7, 11) is 0. The number of aromatic nitrogens is 3. The van der Waals surface area contributed by atoms with E-state index in [0.717, 1.165) is 18.4 Å². The SMILES string of the molecule is Cc1ccc(CNC(=O)[C@H]2CCCN(C(=O)c3cnn(-c4ccc(F)cc4)c3-n3cccc3)C2)cc1. The Morgan fingerprint density at radius 2 is 1.78 bits per heavy atom. The smallest absolute Gasteiger partial charge is 0.259 e. The van der Waals surface area contributed by atoms with E-state index in [1.807, 2.05) is 60.3 Å². The molecule has 8 heteroatoms. The van der Waals surface area contributed by atoms with Crippen LogP contribution >= 0.6 is 0 Å². The molecule has 184 valence electrons. The van der Waals surface area contributed by atoms with Gasteiger partial charge in [-0.2, -0.15) is 5.10 Å².